The Kier molecular flexibility index (Phi) is 15.5. The lowest BCUT2D eigenvalue weighted by Crippen LogP contribution is -2.61. The first-order valence-corrected chi connectivity index (χ1v) is 30.9. The Bertz CT molecular complexity index is 2140. The molecule has 0 spiro atoms. The van der Waals surface area contributed by atoms with Crippen molar-refractivity contribution in [3.63, 3.8) is 0 Å². The van der Waals surface area contributed by atoms with Gasteiger partial charge in [-0.05, 0) is 238 Å². The Balaban J connectivity index is 0.000000124. The molecule has 14 saturated carbocycles. The van der Waals surface area contributed by atoms with Gasteiger partial charge in [0, 0.05) is 30.1 Å². The maximum Gasteiger partial charge on any atom is 0.312 e. The van der Waals surface area contributed by atoms with Gasteiger partial charge in [-0.15, -0.1) is 0 Å². The minimum Gasteiger partial charge on any atom is -0.459 e. The number of carbonyl (C=O) groups is 5. The molecule has 12 heteroatoms. The highest BCUT2D eigenvalue weighted by Gasteiger charge is 2.65. The molecular weight excluding hydrogens is 961 g/mol. The van der Waals surface area contributed by atoms with Crippen LogP contribution in [0.25, 0.3) is 0 Å². The van der Waals surface area contributed by atoms with Gasteiger partial charge in [0.1, 0.15) is 29.0 Å². The Morgan fingerprint density at radius 3 is 1.42 bits per heavy atom. The topological polar surface area (TPSA) is 172 Å². The van der Waals surface area contributed by atoms with E-state index in [1.807, 2.05) is 69.2 Å². The van der Waals surface area contributed by atoms with Gasteiger partial charge in [0.15, 0.2) is 0 Å². The first kappa shape index (κ1) is 57.9. The van der Waals surface area contributed by atoms with Crippen LogP contribution in [0.15, 0.2) is 0 Å². The highest BCUT2D eigenvalue weighted by atomic mass is 16.6. The second-order valence-corrected chi connectivity index (χ2v) is 30.9. The molecular formula is C64H102O12. The zero-order chi connectivity index (χ0) is 55.4. The highest BCUT2D eigenvalue weighted by Crippen LogP contribution is 2.65. The molecule has 2 N–H and O–H groups in total. The van der Waals surface area contributed by atoms with Gasteiger partial charge in [0.25, 0.3) is 0 Å². The quantitative estimate of drug-likeness (QED) is 0.132. The van der Waals surface area contributed by atoms with Crippen LogP contribution in [0.4, 0.5) is 0 Å². The Morgan fingerprint density at radius 2 is 0.987 bits per heavy atom. The minimum absolute atomic E-state index is 0.00857. The molecule has 10 atom stereocenters. The summed E-state index contributed by atoms with van der Waals surface area (Å²) in [5.41, 5.74) is -3.08. The fourth-order valence-corrected chi connectivity index (χ4v) is 18.4. The smallest absolute Gasteiger partial charge is 0.312 e. The van der Waals surface area contributed by atoms with E-state index in [0.29, 0.717) is 48.3 Å². The molecule has 15 rings (SSSR count). The molecule has 15 fully saturated rings. The molecule has 0 aromatic heterocycles. The monoisotopic (exact) mass is 1060 g/mol. The van der Waals surface area contributed by atoms with Gasteiger partial charge in [-0.1, -0.05) is 34.6 Å². The van der Waals surface area contributed by atoms with E-state index in [1.165, 1.54) is 51.4 Å². The lowest BCUT2D eigenvalue weighted by Gasteiger charge is -2.61. The summed E-state index contributed by atoms with van der Waals surface area (Å²) < 4.78 is 29.0. The van der Waals surface area contributed by atoms with Crippen LogP contribution in [0.5, 0.6) is 0 Å². The lowest BCUT2D eigenvalue weighted by molar-refractivity contribution is -0.225. The largest absolute Gasteiger partial charge is 0.459 e. The first-order chi connectivity index (χ1) is 35.3. The van der Waals surface area contributed by atoms with Crippen molar-refractivity contribution in [2.75, 3.05) is 0 Å². The summed E-state index contributed by atoms with van der Waals surface area (Å²) in [6, 6.07) is 0. The van der Waals surface area contributed by atoms with Crippen molar-refractivity contribution in [3.05, 3.63) is 0 Å². The fourth-order valence-electron chi connectivity index (χ4n) is 18.4. The summed E-state index contributed by atoms with van der Waals surface area (Å²) >= 11 is 0. The summed E-state index contributed by atoms with van der Waals surface area (Å²) in [5.74, 6) is 5.22. The van der Waals surface area contributed by atoms with Crippen molar-refractivity contribution in [1.82, 2.24) is 0 Å². The molecule has 0 aromatic carbocycles. The molecule has 0 radical (unpaired) electrons. The van der Waals surface area contributed by atoms with Gasteiger partial charge in [-0.25, -0.2) is 0 Å². The van der Waals surface area contributed by atoms with E-state index in [9.17, 15) is 34.2 Å². The normalized spacial score (nSPS) is 42.6. The highest BCUT2D eigenvalue weighted by molar-refractivity contribution is 5.79. The number of rotatable bonds is 13. The molecule has 12 nitrogen and oxygen atoms in total. The molecule has 15 aliphatic rings. The van der Waals surface area contributed by atoms with Gasteiger partial charge < -0.3 is 33.9 Å². The van der Waals surface area contributed by atoms with Gasteiger partial charge in [-0.2, -0.15) is 0 Å². The third-order valence-electron chi connectivity index (χ3n) is 23.2. The average molecular weight is 1060 g/mol. The van der Waals surface area contributed by atoms with Gasteiger partial charge in [0.05, 0.1) is 39.3 Å². The number of carbonyl (C=O) groups excluding carboxylic acids is 5. The molecule has 14 bridgehead atoms. The third-order valence-corrected chi connectivity index (χ3v) is 23.2. The van der Waals surface area contributed by atoms with Gasteiger partial charge in [-0.3, -0.25) is 24.0 Å². The van der Waals surface area contributed by atoms with Crippen LogP contribution in [0.1, 0.15) is 244 Å². The van der Waals surface area contributed by atoms with Crippen LogP contribution in [0.3, 0.4) is 0 Å². The van der Waals surface area contributed by atoms with Crippen LogP contribution in [-0.2, 0) is 47.7 Å². The summed E-state index contributed by atoms with van der Waals surface area (Å²) in [6.45, 7) is 26.1. The van der Waals surface area contributed by atoms with Crippen molar-refractivity contribution < 1.29 is 57.9 Å². The predicted molar refractivity (Wildman–Crippen MR) is 289 cm³/mol. The first-order valence-electron chi connectivity index (χ1n) is 30.9. The van der Waals surface area contributed by atoms with Crippen LogP contribution in [0, 0.1) is 86.8 Å². The lowest BCUT2D eigenvalue weighted by atomic mass is 9.46. The van der Waals surface area contributed by atoms with Crippen molar-refractivity contribution >= 4 is 29.8 Å². The van der Waals surface area contributed by atoms with Crippen molar-refractivity contribution in [2.45, 2.75) is 284 Å². The van der Waals surface area contributed by atoms with Crippen molar-refractivity contribution in [1.29, 1.82) is 0 Å². The second kappa shape index (κ2) is 20.4. The molecule has 76 heavy (non-hydrogen) atoms. The maximum atomic E-state index is 12.6. The van der Waals surface area contributed by atoms with Gasteiger partial charge in [0.2, 0.25) is 0 Å². The van der Waals surface area contributed by atoms with Crippen LogP contribution >= 0.6 is 0 Å². The van der Waals surface area contributed by atoms with E-state index in [2.05, 4.69) is 20.8 Å². The zero-order valence-electron chi connectivity index (χ0n) is 49.5. The van der Waals surface area contributed by atoms with Crippen molar-refractivity contribution in [3.8, 4) is 0 Å². The number of esters is 5. The molecule has 10 unspecified atom stereocenters. The van der Waals surface area contributed by atoms with E-state index < -0.39 is 22.0 Å². The molecule has 0 amide bonds. The number of ether oxygens (including phenoxy) is 5. The summed E-state index contributed by atoms with van der Waals surface area (Å²) in [7, 11) is 0. The summed E-state index contributed by atoms with van der Waals surface area (Å²) in [5, 5.41) is 21.2. The summed E-state index contributed by atoms with van der Waals surface area (Å²) in [4.78, 5) is 60.8. The SMILES string of the molecule is CCC(C)(C)C(=O)OC(C)(C)C12CC3CC(CC(C3)C1)C2.CCC(C)(C)C(=O)OC12CC3CC(CC(O)(C3)C1)C2.CCC(C)(C)C(=O)OC1C2CC3C(=O)OC1C3C2.CCC(C)C(=O)OC12CC3CC(CC(O)(C3)C1)C2. The van der Waals surface area contributed by atoms with Crippen LogP contribution in [-0.4, -0.2) is 80.3 Å². The maximum absolute atomic E-state index is 12.6. The van der Waals surface area contributed by atoms with Crippen LogP contribution in [0.2, 0.25) is 0 Å². The zero-order valence-corrected chi connectivity index (χ0v) is 49.5. The van der Waals surface area contributed by atoms with E-state index >= 15 is 0 Å². The molecule has 0 aromatic rings. The predicted octanol–water partition coefficient (Wildman–Crippen LogP) is 12.6. The van der Waals surface area contributed by atoms with Crippen molar-refractivity contribution in [2.24, 2.45) is 86.8 Å². The second-order valence-electron chi connectivity index (χ2n) is 30.9. The molecule has 1 aliphatic heterocycles. The number of hydrogen-bond donors (Lipinski definition) is 2. The van der Waals surface area contributed by atoms with E-state index in [-0.39, 0.29) is 81.5 Å². The number of fused-ring (bicyclic) bond motifs is 1. The molecule has 430 valence electrons. The van der Waals surface area contributed by atoms with E-state index in [4.69, 9.17) is 23.7 Å². The van der Waals surface area contributed by atoms with E-state index in [1.54, 1.807) is 0 Å². The summed E-state index contributed by atoms with van der Waals surface area (Å²) in [6.07, 6.45) is 24.2. The van der Waals surface area contributed by atoms with Gasteiger partial charge >= 0.3 is 29.8 Å². The molecule has 14 aliphatic carbocycles. The molecule has 1 heterocycles. The third kappa shape index (κ3) is 11.2. The Morgan fingerprint density at radius 1 is 0.566 bits per heavy atom. The Labute approximate surface area is 457 Å². The van der Waals surface area contributed by atoms with Crippen LogP contribution < -0.4 is 0 Å². The van der Waals surface area contributed by atoms with E-state index in [0.717, 1.165) is 108 Å². The molecule has 1 saturated heterocycles. The minimum atomic E-state index is -0.555. The Hall–Kier alpha value is -2.73. The standard InChI is InChI=1S/C19H32O2.C16H26O3.C15H24O3.C14H20O4/c1-6-17(2,3)16(20)21-18(4,5)19-10-13-7-14(11-19)9-15(8-13)12-19;1-4-14(2,3)13(17)19-16-8-11-5-12(9-16)7-15(18,6-11)10-16;1-3-10(2)13(16)18-15-7-11-4-12(8-15)6-14(17,5-11)9-15;1-4-14(2,3)13(16)18-10-7-5-8-9(6-7)12(15)17-11(8)10/h13-15H,6-12H2,1-5H3;11-12,18H,4-10H2,1-3H3;10-12,17H,3-9H2,1-2H3;7-11H,4-6H2,1-3H3. The average Bonchev–Trinajstić information content (AvgIpc) is 3.95. The number of hydrogen-bond acceptors (Lipinski definition) is 12. The fraction of sp³-hybridized carbons (Fsp3) is 0.922. The number of aliphatic hydroxyl groups is 2.